The highest BCUT2D eigenvalue weighted by atomic mass is 16.5. The highest BCUT2D eigenvalue weighted by molar-refractivity contribution is 5.93. The molecule has 3 heterocycles. The topological polar surface area (TPSA) is 103 Å². The lowest BCUT2D eigenvalue weighted by atomic mass is 9.99. The number of furan rings is 1. The Labute approximate surface area is 198 Å². The maximum absolute atomic E-state index is 11.5. The van der Waals surface area contributed by atoms with Gasteiger partial charge in [0.2, 0.25) is 11.8 Å². The quantitative estimate of drug-likeness (QED) is 0.425. The first-order chi connectivity index (χ1) is 16.7. The number of ether oxygens (including phenoxy) is 1. The van der Waals surface area contributed by atoms with E-state index in [1.807, 2.05) is 42.5 Å². The second-order valence-corrected chi connectivity index (χ2v) is 8.44. The Morgan fingerprint density at radius 3 is 2.29 bits per heavy atom. The molecule has 7 heteroatoms. The Morgan fingerprint density at radius 2 is 1.62 bits per heavy atom. The molecule has 1 aliphatic heterocycles. The molecule has 0 radical (unpaired) electrons. The van der Waals surface area contributed by atoms with Crippen molar-refractivity contribution in [1.29, 1.82) is 0 Å². The maximum Gasteiger partial charge on any atom is 0.248 e. The van der Waals surface area contributed by atoms with Gasteiger partial charge in [-0.25, -0.2) is 9.97 Å². The number of hydrogen-bond donors (Lipinski definition) is 2. The largest absolute Gasteiger partial charge is 0.476 e. The van der Waals surface area contributed by atoms with Gasteiger partial charge in [-0.05, 0) is 55.6 Å². The van der Waals surface area contributed by atoms with Gasteiger partial charge in [-0.1, -0.05) is 36.4 Å². The zero-order chi connectivity index (χ0) is 23.3. The van der Waals surface area contributed by atoms with Gasteiger partial charge in [0.05, 0.1) is 31.0 Å². The fourth-order valence-electron chi connectivity index (χ4n) is 4.15. The van der Waals surface area contributed by atoms with Gasteiger partial charge in [-0.15, -0.1) is 0 Å². The molecule has 0 bridgehead atoms. The fourth-order valence-corrected chi connectivity index (χ4v) is 4.15. The molecule has 1 saturated heterocycles. The van der Waals surface area contributed by atoms with Gasteiger partial charge in [0.25, 0.3) is 0 Å². The summed E-state index contributed by atoms with van der Waals surface area (Å²) in [6, 6.07) is 17.1. The highest BCUT2D eigenvalue weighted by Gasteiger charge is 2.17. The zero-order valence-electron chi connectivity index (χ0n) is 18.7. The van der Waals surface area contributed by atoms with Crippen LogP contribution >= 0.6 is 0 Å². The van der Waals surface area contributed by atoms with Gasteiger partial charge < -0.3 is 20.2 Å². The minimum Gasteiger partial charge on any atom is -0.476 e. The van der Waals surface area contributed by atoms with E-state index >= 15 is 0 Å². The molecule has 2 aromatic carbocycles. The van der Waals surface area contributed by atoms with Gasteiger partial charge >= 0.3 is 0 Å². The van der Waals surface area contributed by atoms with Crippen LogP contribution in [-0.4, -0.2) is 35.6 Å². The van der Waals surface area contributed by atoms with Crippen LogP contribution in [0.5, 0.6) is 5.88 Å². The normalized spacial score (nSPS) is 14.1. The van der Waals surface area contributed by atoms with Crippen molar-refractivity contribution in [3.8, 4) is 39.5 Å². The van der Waals surface area contributed by atoms with Crippen LogP contribution in [0.2, 0.25) is 0 Å². The molecule has 0 saturated carbocycles. The highest BCUT2D eigenvalue weighted by Crippen LogP contribution is 2.32. The first-order valence-electron chi connectivity index (χ1n) is 11.4. The van der Waals surface area contributed by atoms with Crippen LogP contribution in [0.3, 0.4) is 0 Å². The number of rotatable bonds is 7. The lowest BCUT2D eigenvalue weighted by molar-refractivity contribution is 0.100. The first-order valence-corrected chi connectivity index (χ1v) is 11.4. The van der Waals surface area contributed by atoms with Crippen LogP contribution in [0.4, 0.5) is 0 Å². The predicted molar refractivity (Wildman–Crippen MR) is 130 cm³/mol. The number of primary amides is 1. The summed E-state index contributed by atoms with van der Waals surface area (Å²) in [5.74, 6) is 0.557. The molecule has 0 atom stereocenters. The van der Waals surface area contributed by atoms with Crippen molar-refractivity contribution in [3.05, 3.63) is 78.9 Å². The SMILES string of the molecule is NC(=O)c1ccc(-c2ncc(OCC3CCNCC3)nc2-c2ccc(-c3ccoc3)cc2)cc1. The summed E-state index contributed by atoms with van der Waals surface area (Å²) in [5, 5.41) is 3.38. The number of carbonyl (C=O) groups is 1. The number of carbonyl (C=O) groups excluding carboxylic acids is 1. The van der Waals surface area contributed by atoms with E-state index in [0.29, 0.717) is 35.4 Å². The summed E-state index contributed by atoms with van der Waals surface area (Å²) in [6.07, 6.45) is 7.24. The van der Waals surface area contributed by atoms with Crippen LogP contribution in [0, 0.1) is 5.92 Å². The summed E-state index contributed by atoms with van der Waals surface area (Å²) in [5.41, 5.74) is 11.1. The Bertz CT molecular complexity index is 1250. The van der Waals surface area contributed by atoms with Crippen LogP contribution < -0.4 is 15.8 Å². The van der Waals surface area contributed by atoms with Crippen LogP contribution in [-0.2, 0) is 0 Å². The molecule has 5 rings (SSSR count). The average Bonchev–Trinajstić information content (AvgIpc) is 3.43. The van der Waals surface area contributed by atoms with Crippen molar-refractivity contribution in [2.45, 2.75) is 12.8 Å². The average molecular weight is 455 g/mol. The number of nitrogens with two attached hydrogens (primary N) is 1. The summed E-state index contributed by atoms with van der Waals surface area (Å²) >= 11 is 0. The van der Waals surface area contributed by atoms with Gasteiger partial charge in [0.15, 0.2) is 0 Å². The summed E-state index contributed by atoms with van der Waals surface area (Å²) in [4.78, 5) is 21.0. The van der Waals surface area contributed by atoms with Gasteiger partial charge in [-0.2, -0.15) is 0 Å². The van der Waals surface area contributed by atoms with Gasteiger partial charge in [-0.3, -0.25) is 4.79 Å². The molecule has 1 fully saturated rings. The van der Waals surface area contributed by atoms with Crippen LogP contribution in [0.25, 0.3) is 33.6 Å². The van der Waals surface area contributed by atoms with Crippen molar-refractivity contribution in [1.82, 2.24) is 15.3 Å². The summed E-state index contributed by atoms with van der Waals surface area (Å²) in [6.45, 7) is 2.67. The second-order valence-electron chi connectivity index (χ2n) is 8.44. The van der Waals surface area contributed by atoms with E-state index in [0.717, 1.165) is 48.2 Å². The number of piperidine rings is 1. The lowest BCUT2D eigenvalue weighted by Crippen LogP contribution is -2.30. The molecular formula is C27H26N4O3. The molecule has 0 unspecified atom stereocenters. The van der Waals surface area contributed by atoms with E-state index in [1.54, 1.807) is 30.9 Å². The standard InChI is InChI=1S/C27H26N4O3/c28-27(32)22-7-5-20(6-8-22)25-26(21-3-1-19(2-4-21)23-11-14-33-17-23)31-24(15-30-25)34-16-18-9-12-29-13-10-18/h1-8,11,14-15,17-18,29H,9-10,12-13,16H2,(H2,28,32). The molecule has 1 amide bonds. The van der Waals surface area contributed by atoms with Crippen molar-refractivity contribution in [3.63, 3.8) is 0 Å². The summed E-state index contributed by atoms with van der Waals surface area (Å²) < 4.78 is 11.3. The molecule has 34 heavy (non-hydrogen) atoms. The number of nitrogens with one attached hydrogen (secondary N) is 1. The Hall–Kier alpha value is -3.97. The van der Waals surface area contributed by atoms with Crippen molar-refractivity contribution in [2.24, 2.45) is 11.7 Å². The van der Waals surface area contributed by atoms with E-state index in [2.05, 4.69) is 5.32 Å². The Kier molecular flexibility index (Phi) is 6.35. The third kappa shape index (κ3) is 4.84. The smallest absolute Gasteiger partial charge is 0.248 e. The van der Waals surface area contributed by atoms with E-state index in [1.165, 1.54) is 0 Å². The molecule has 3 N–H and O–H groups in total. The van der Waals surface area contributed by atoms with E-state index < -0.39 is 5.91 Å². The fraction of sp³-hybridized carbons (Fsp3) is 0.222. The molecular weight excluding hydrogens is 428 g/mol. The second kappa shape index (κ2) is 9.89. The maximum atomic E-state index is 11.5. The molecule has 1 aliphatic rings. The molecule has 0 spiro atoms. The first kappa shape index (κ1) is 21.9. The lowest BCUT2D eigenvalue weighted by Gasteiger charge is -2.22. The molecule has 0 aliphatic carbocycles. The number of benzene rings is 2. The van der Waals surface area contributed by atoms with Crippen molar-refractivity contribution in [2.75, 3.05) is 19.7 Å². The van der Waals surface area contributed by atoms with Crippen molar-refractivity contribution < 1.29 is 13.9 Å². The molecule has 7 nitrogen and oxygen atoms in total. The van der Waals surface area contributed by atoms with E-state index in [9.17, 15) is 4.79 Å². The number of aromatic nitrogens is 2. The minimum absolute atomic E-state index is 0.449. The molecule has 172 valence electrons. The minimum atomic E-state index is -0.464. The summed E-state index contributed by atoms with van der Waals surface area (Å²) in [7, 11) is 0. The Morgan fingerprint density at radius 1 is 0.941 bits per heavy atom. The third-order valence-corrected chi connectivity index (χ3v) is 6.13. The molecule has 4 aromatic rings. The van der Waals surface area contributed by atoms with Gasteiger partial charge in [0.1, 0.15) is 5.69 Å². The number of amides is 1. The monoisotopic (exact) mass is 454 g/mol. The number of nitrogens with zero attached hydrogens (tertiary/aromatic N) is 2. The van der Waals surface area contributed by atoms with Crippen LogP contribution in [0.1, 0.15) is 23.2 Å². The zero-order valence-corrected chi connectivity index (χ0v) is 18.7. The van der Waals surface area contributed by atoms with E-state index in [4.69, 9.17) is 24.9 Å². The molecule has 2 aromatic heterocycles. The van der Waals surface area contributed by atoms with Crippen molar-refractivity contribution >= 4 is 5.91 Å². The van der Waals surface area contributed by atoms with Crippen LogP contribution in [0.15, 0.2) is 77.7 Å². The Balaban J connectivity index is 1.48. The van der Waals surface area contributed by atoms with Gasteiger partial charge in [0, 0.05) is 22.3 Å². The van der Waals surface area contributed by atoms with E-state index in [-0.39, 0.29) is 0 Å². The third-order valence-electron chi connectivity index (χ3n) is 6.13. The number of hydrogen-bond acceptors (Lipinski definition) is 6. The predicted octanol–water partition coefficient (Wildman–Crippen LogP) is 4.55.